The number of piperazine rings is 1. The molecule has 4 rings (SSSR count). The number of hydrogen-bond acceptors (Lipinski definition) is 7. The molecule has 2 aliphatic heterocycles. The molecule has 0 saturated carbocycles. The Balaban J connectivity index is 1.50. The number of ether oxygens (including phenoxy) is 2. The molecule has 0 aliphatic carbocycles. The number of hydrogen-bond donors (Lipinski definition) is 0. The van der Waals surface area contributed by atoms with Crippen LogP contribution in [0.3, 0.4) is 0 Å². The second-order valence-electron chi connectivity index (χ2n) is 11.2. The number of anilines is 1. The first kappa shape index (κ1) is 24.2. The molecule has 2 bridgehead atoms. The average Bonchev–Trinajstić information content (AvgIpc) is 3.20. The molecule has 0 radical (unpaired) electrons. The second-order valence-corrected chi connectivity index (χ2v) is 17.2. The van der Waals surface area contributed by atoms with Gasteiger partial charge < -0.3 is 14.4 Å². The number of aromatic nitrogens is 4. The number of halogens is 1. The predicted molar refractivity (Wildman–Crippen MR) is 132 cm³/mol. The van der Waals surface area contributed by atoms with Gasteiger partial charge in [0.15, 0.2) is 5.65 Å². The fraction of sp³-hybridized carbons (Fsp3) is 0.727. The van der Waals surface area contributed by atoms with E-state index < -0.39 is 13.7 Å². The van der Waals surface area contributed by atoms with E-state index in [9.17, 15) is 4.79 Å². The van der Waals surface area contributed by atoms with Gasteiger partial charge in [0.1, 0.15) is 18.1 Å². The highest BCUT2D eigenvalue weighted by Gasteiger charge is 2.45. The third-order valence-electron chi connectivity index (χ3n) is 6.04. The monoisotopic (exact) mass is 494 g/mol. The number of carbonyl (C=O) groups excluding carboxylic acids is 1. The molecule has 9 nitrogen and oxygen atoms in total. The van der Waals surface area contributed by atoms with Crippen LogP contribution in [-0.4, -0.2) is 76.2 Å². The zero-order chi connectivity index (χ0) is 24.0. The van der Waals surface area contributed by atoms with Crippen LogP contribution in [0.4, 0.5) is 10.6 Å². The summed E-state index contributed by atoms with van der Waals surface area (Å²) < 4.78 is 13.3. The van der Waals surface area contributed by atoms with Crippen molar-refractivity contribution in [1.29, 1.82) is 0 Å². The minimum Gasteiger partial charge on any atom is -0.444 e. The first-order valence-electron chi connectivity index (χ1n) is 11.6. The predicted octanol–water partition coefficient (Wildman–Crippen LogP) is 4.38. The maximum atomic E-state index is 12.8. The van der Waals surface area contributed by atoms with Crippen molar-refractivity contribution in [1.82, 2.24) is 24.6 Å². The summed E-state index contributed by atoms with van der Waals surface area (Å²) >= 11 is 6.32. The largest absolute Gasteiger partial charge is 0.444 e. The molecule has 11 heteroatoms. The molecular formula is C22H35ClN6O3Si. The zero-order valence-corrected chi connectivity index (χ0v) is 22.2. The minimum atomic E-state index is -1.15. The van der Waals surface area contributed by atoms with Gasteiger partial charge in [0, 0.05) is 27.8 Å². The molecule has 33 heavy (non-hydrogen) atoms. The van der Waals surface area contributed by atoms with Gasteiger partial charge in [-0.2, -0.15) is 15.1 Å². The fourth-order valence-corrected chi connectivity index (χ4v) is 5.38. The van der Waals surface area contributed by atoms with Gasteiger partial charge >= 0.3 is 6.09 Å². The second kappa shape index (κ2) is 9.03. The van der Waals surface area contributed by atoms with Crippen molar-refractivity contribution in [3.05, 3.63) is 11.5 Å². The molecule has 2 atom stereocenters. The molecular weight excluding hydrogens is 460 g/mol. The van der Waals surface area contributed by atoms with Gasteiger partial charge in [-0.25, -0.2) is 9.48 Å². The van der Waals surface area contributed by atoms with Crippen LogP contribution in [0.25, 0.3) is 11.0 Å². The molecule has 2 aromatic heterocycles. The van der Waals surface area contributed by atoms with E-state index in [0.717, 1.165) is 30.1 Å². The first-order chi connectivity index (χ1) is 15.4. The van der Waals surface area contributed by atoms with Gasteiger partial charge in [-0.15, -0.1) is 0 Å². The van der Waals surface area contributed by atoms with Crippen LogP contribution in [0.15, 0.2) is 6.20 Å². The number of rotatable bonds is 6. The van der Waals surface area contributed by atoms with E-state index >= 15 is 0 Å². The number of carbonyl (C=O) groups is 1. The Morgan fingerprint density at radius 2 is 1.85 bits per heavy atom. The Labute approximate surface area is 201 Å². The number of amides is 1. The Kier molecular flexibility index (Phi) is 6.63. The van der Waals surface area contributed by atoms with Crippen LogP contribution < -0.4 is 4.90 Å². The van der Waals surface area contributed by atoms with Crippen molar-refractivity contribution in [3.8, 4) is 0 Å². The molecule has 0 aromatic carbocycles. The Bertz CT molecular complexity index is 1000. The van der Waals surface area contributed by atoms with Crippen molar-refractivity contribution >= 4 is 42.6 Å². The lowest BCUT2D eigenvalue weighted by atomic mass is 10.1. The van der Waals surface area contributed by atoms with E-state index in [4.69, 9.17) is 21.1 Å². The molecule has 4 heterocycles. The molecule has 1 amide bonds. The lowest BCUT2D eigenvalue weighted by molar-refractivity contribution is 0.0123. The van der Waals surface area contributed by atoms with Crippen molar-refractivity contribution < 1.29 is 14.3 Å². The van der Waals surface area contributed by atoms with Gasteiger partial charge in [0.05, 0.1) is 23.7 Å². The first-order valence-corrected chi connectivity index (χ1v) is 15.7. The van der Waals surface area contributed by atoms with E-state index in [-0.39, 0.29) is 23.5 Å². The van der Waals surface area contributed by atoms with E-state index in [1.807, 2.05) is 25.7 Å². The summed E-state index contributed by atoms with van der Waals surface area (Å²) in [7, 11) is -1.15. The Hall–Kier alpha value is -1.91. The van der Waals surface area contributed by atoms with Crippen LogP contribution in [0.5, 0.6) is 0 Å². The van der Waals surface area contributed by atoms with Gasteiger partial charge in [-0.05, 0) is 51.3 Å². The molecule has 2 aromatic rings. The Morgan fingerprint density at radius 3 is 2.45 bits per heavy atom. The maximum Gasteiger partial charge on any atom is 0.410 e. The summed E-state index contributed by atoms with van der Waals surface area (Å²) in [6.07, 6.45) is 3.45. The summed E-state index contributed by atoms with van der Waals surface area (Å²) in [4.78, 5) is 25.9. The van der Waals surface area contributed by atoms with Gasteiger partial charge in [0.2, 0.25) is 5.28 Å². The maximum absolute atomic E-state index is 12.8. The van der Waals surface area contributed by atoms with Crippen molar-refractivity contribution in [2.75, 3.05) is 24.6 Å². The molecule has 2 unspecified atom stereocenters. The molecule has 182 valence electrons. The minimum absolute atomic E-state index is 0.0855. The van der Waals surface area contributed by atoms with Gasteiger partial charge in [0.25, 0.3) is 0 Å². The molecule has 2 saturated heterocycles. The zero-order valence-electron chi connectivity index (χ0n) is 20.5. The van der Waals surface area contributed by atoms with Crippen molar-refractivity contribution in [2.45, 2.75) is 83.7 Å². The van der Waals surface area contributed by atoms with Gasteiger partial charge in [-0.3, -0.25) is 4.90 Å². The van der Waals surface area contributed by atoms with E-state index in [0.29, 0.717) is 32.1 Å². The van der Waals surface area contributed by atoms with Crippen LogP contribution in [-0.2, 0) is 16.2 Å². The number of fused-ring (bicyclic) bond motifs is 3. The van der Waals surface area contributed by atoms with Crippen LogP contribution in [0.1, 0.15) is 33.6 Å². The SMILES string of the molecule is CC(C)(C)OC(=O)N1C2CCC1CN(c1nc(Cl)nc3c1cnn3COCC[Si](C)(C)C)C2. The molecule has 0 N–H and O–H groups in total. The molecule has 2 fully saturated rings. The fourth-order valence-electron chi connectivity index (χ4n) is 4.47. The van der Waals surface area contributed by atoms with E-state index in [2.05, 4.69) is 39.6 Å². The highest BCUT2D eigenvalue weighted by Crippen LogP contribution is 2.35. The summed E-state index contributed by atoms with van der Waals surface area (Å²) in [5, 5.41) is 5.52. The summed E-state index contributed by atoms with van der Waals surface area (Å²) in [5.74, 6) is 0.763. The third kappa shape index (κ3) is 5.60. The summed E-state index contributed by atoms with van der Waals surface area (Å²) in [5.41, 5.74) is 0.158. The van der Waals surface area contributed by atoms with E-state index in [1.54, 1.807) is 10.9 Å². The smallest absolute Gasteiger partial charge is 0.410 e. The quantitative estimate of drug-likeness (QED) is 0.334. The van der Waals surface area contributed by atoms with Crippen LogP contribution in [0.2, 0.25) is 31.0 Å². The third-order valence-corrected chi connectivity index (χ3v) is 7.92. The van der Waals surface area contributed by atoms with E-state index in [1.165, 1.54) is 0 Å². The normalized spacial score (nSPS) is 21.2. The molecule has 0 spiro atoms. The molecule has 2 aliphatic rings. The van der Waals surface area contributed by atoms with Crippen molar-refractivity contribution in [3.63, 3.8) is 0 Å². The topological polar surface area (TPSA) is 85.6 Å². The highest BCUT2D eigenvalue weighted by molar-refractivity contribution is 6.76. The van der Waals surface area contributed by atoms with Crippen molar-refractivity contribution in [2.24, 2.45) is 0 Å². The number of nitrogens with zero attached hydrogens (tertiary/aromatic N) is 6. The lowest BCUT2D eigenvalue weighted by Gasteiger charge is -2.41. The summed E-state index contributed by atoms with van der Waals surface area (Å²) in [6, 6.07) is 1.27. The average molecular weight is 495 g/mol. The standard InChI is InChI=1S/C22H35ClN6O3Si/c1-22(2,3)32-21(30)29-15-7-8-16(29)13-27(12-15)18-17-11-24-28(19(17)26-20(23)25-18)14-31-9-10-33(4,5)6/h11,15-16H,7-10,12-14H2,1-6H3. The van der Waals surface area contributed by atoms with Gasteiger partial charge in [-0.1, -0.05) is 19.6 Å². The highest BCUT2D eigenvalue weighted by atomic mass is 35.5. The van der Waals surface area contributed by atoms with Crippen LogP contribution in [0, 0.1) is 0 Å². The van der Waals surface area contributed by atoms with Crippen LogP contribution >= 0.6 is 11.6 Å². The Morgan fingerprint density at radius 1 is 1.18 bits per heavy atom. The lowest BCUT2D eigenvalue weighted by Crippen LogP contribution is -2.57. The summed E-state index contributed by atoms with van der Waals surface area (Å²) in [6.45, 7) is 15.1.